The van der Waals surface area contributed by atoms with Crippen LogP contribution in [0.4, 0.5) is 0 Å². The number of fused-ring (bicyclic) bond motifs is 1. The molecule has 0 aliphatic carbocycles. The van der Waals surface area contributed by atoms with Crippen LogP contribution in [-0.2, 0) is 0 Å². The van der Waals surface area contributed by atoms with E-state index in [1.54, 1.807) is 11.3 Å². The molecular weight excluding hydrogens is 354 g/mol. The van der Waals surface area contributed by atoms with Gasteiger partial charge in [-0.1, -0.05) is 49.3 Å². The third-order valence-electron chi connectivity index (χ3n) is 4.16. The van der Waals surface area contributed by atoms with Gasteiger partial charge in [-0.2, -0.15) is 5.10 Å². The lowest BCUT2D eigenvalue weighted by atomic mass is 10.1. The van der Waals surface area contributed by atoms with Crippen LogP contribution in [0.3, 0.4) is 0 Å². The molecule has 0 saturated carbocycles. The summed E-state index contributed by atoms with van der Waals surface area (Å²) in [7, 11) is 0. The number of para-hydroxylation sites is 1. The Morgan fingerprint density at radius 3 is 2.56 bits per heavy atom. The van der Waals surface area contributed by atoms with Crippen molar-refractivity contribution in [3.05, 3.63) is 78.3 Å². The van der Waals surface area contributed by atoms with Crippen LogP contribution in [0.2, 0.25) is 0 Å². The van der Waals surface area contributed by atoms with Crippen LogP contribution in [0, 0.1) is 0 Å². The van der Waals surface area contributed by atoms with Crippen molar-refractivity contribution in [3.63, 3.8) is 0 Å². The topological polar surface area (TPSA) is 43.9 Å². The van der Waals surface area contributed by atoms with Gasteiger partial charge in [0.2, 0.25) is 0 Å². The number of rotatable bonds is 3. The van der Waals surface area contributed by atoms with Crippen LogP contribution in [-0.4, -0.2) is 14.9 Å². The monoisotopic (exact) mass is 373 g/mol. The predicted octanol–water partition coefficient (Wildman–Crippen LogP) is 6.44. The molecule has 27 heavy (non-hydrogen) atoms. The summed E-state index contributed by atoms with van der Waals surface area (Å²) in [5.41, 5.74) is 4.01. The van der Waals surface area contributed by atoms with Gasteiger partial charge in [0.25, 0.3) is 0 Å². The number of aromatic nitrogens is 3. The van der Waals surface area contributed by atoms with Crippen molar-refractivity contribution in [1.82, 2.24) is 14.9 Å². The van der Waals surface area contributed by atoms with E-state index in [1.807, 2.05) is 84.7 Å². The Morgan fingerprint density at radius 2 is 1.78 bits per heavy atom. The highest BCUT2D eigenvalue weighted by Gasteiger charge is 2.14. The molecular formula is C22H19N3OS. The second-order valence-electron chi connectivity index (χ2n) is 5.68. The van der Waals surface area contributed by atoms with E-state index in [1.165, 1.54) is 0 Å². The van der Waals surface area contributed by atoms with Gasteiger partial charge < -0.3 is 4.52 Å². The average Bonchev–Trinajstić information content (AvgIpc) is 3.49. The molecule has 5 aromatic rings. The van der Waals surface area contributed by atoms with Crippen LogP contribution >= 0.6 is 11.3 Å². The lowest BCUT2D eigenvalue weighted by Crippen LogP contribution is -1.98. The van der Waals surface area contributed by atoms with Crippen molar-refractivity contribution in [2.45, 2.75) is 13.8 Å². The van der Waals surface area contributed by atoms with E-state index in [9.17, 15) is 0 Å². The summed E-state index contributed by atoms with van der Waals surface area (Å²) in [6.45, 7) is 4.00. The molecule has 0 saturated heterocycles. The first kappa shape index (κ1) is 17.2. The van der Waals surface area contributed by atoms with Crippen LogP contribution in [0.5, 0.6) is 0 Å². The lowest BCUT2D eigenvalue weighted by molar-refractivity contribution is 0.442. The zero-order valence-electron chi connectivity index (χ0n) is 15.2. The Morgan fingerprint density at radius 1 is 0.926 bits per heavy atom. The third kappa shape index (κ3) is 3.17. The van der Waals surface area contributed by atoms with E-state index in [-0.39, 0.29) is 0 Å². The van der Waals surface area contributed by atoms with Crippen molar-refractivity contribution in [3.8, 4) is 27.6 Å². The maximum atomic E-state index is 5.58. The molecule has 0 radical (unpaired) electrons. The van der Waals surface area contributed by atoms with Crippen LogP contribution in [0.1, 0.15) is 13.8 Å². The van der Waals surface area contributed by atoms with Crippen LogP contribution < -0.4 is 0 Å². The summed E-state index contributed by atoms with van der Waals surface area (Å²) in [5, 5.41) is 11.7. The van der Waals surface area contributed by atoms with Gasteiger partial charge >= 0.3 is 0 Å². The van der Waals surface area contributed by atoms with Gasteiger partial charge in [0.1, 0.15) is 5.52 Å². The number of hydrogen-bond donors (Lipinski definition) is 0. The Kier molecular flexibility index (Phi) is 4.85. The molecule has 0 spiro atoms. The van der Waals surface area contributed by atoms with Gasteiger partial charge in [0, 0.05) is 5.56 Å². The van der Waals surface area contributed by atoms with Gasteiger partial charge in [0.15, 0.2) is 5.76 Å². The van der Waals surface area contributed by atoms with Gasteiger partial charge in [-0.05, 0) is 41.8 Å². The second kappa shape index (κ2) is 7.60. The first-order valence-electron chi connectivity index (χ1n) is 8.93. The van der Waals surface area contributed by atoms with Crippen molar-refractivity contribution in [2.75, 3.05) is 0 Å². The van der Waals surface area contributed by atoms with Gasteiger partial charge in [0.05, 0.1) is 27.8 Å². The highest BCUT2D eigenvalue weighted by atomic mass is 32.1. The summed E-state index contributed by atoms with van der Waals surface area (Å²) in [4.78, 5) is 1.08. The van der Waals surface area contributed by atoms with E-state index in [4.69, 9.17) is 4.52 Å². The minimum atomic E-state index is 0.817. The van der Waals surface area contributed by atoms with Gasteiger partial charge in [-0.15, -0.1) is 11.3 Å². The molecule has 5 rings (SSSR count). The molecule has 0 amide bonds. The van der Waals surface area contributed by atoms with Crippen LogP contribution in [0.15, 0.2) is 82.8 Å². The SMILES string of the molecule is CC.c1ccc(-n2nccc2-c2ccc3noc(-c4cccs4)c3c2)cc1. The summed E-state index contributed by atoms with van der Waals surface area (Å²) < 4.78 is 7.53. The molecule has 0 N–H and O–H groups in total. The highest BCUT2D eigenvalue weighted by molar-refractivity contribution is 7.13. The molecule has 0 fully saturated rings. The Labute approximate surface area is 161 Å². The smallest absolute Gasteiger partial charge is 0.184 e. The Balaban J connectivity index is 0.000000872. The number of thiophene rings is 1. The summed E-state index contributed by atoms with van der Waals surface area (Å²) in [6.07, 6.45) is 1.82. The maximum Gasteiger partial charge on any atom is 0.184 e. The zero-order chi connectivity index (χ0) is 18.6. The molecule has 3 heterocycles. The minimum absolute atomic E-state index is 0.817. The number of hydrogen-bond acceptors (Lipinski definition) is 4. The maximum absolute atomic E-state index is 5.58. The molecule has 2 aromatic carbocycles. The second-order valence-corrected chi connectivity index (χ2v) is 6.63. The molecule has 5 heteroatoms. The summed E-state index contributed by atoms with van der Waals surface area (Å²) in [6, 6.07) is 22.4. The number of benzene rings is 2. The number of nitrogens with zero attached hydrogens (tertiary/aromatic N) is 3. The Bertz CT molecular complexity index is 1140. The fourth-order valence-electron chi connectivity index (χ4n) is 2.98. The van der Waals surface area contributed by atoms with E-state index in [0.29, 0.717) is 0 Å². The molecule has 0 aliphatic rings. The van der Waals surface area contributed by atoms with Gasteiger partial charge in [-0.3, -0.25) is 0 Å². The first-order valence-corrected chi connectivity index (χ1v) is 9.81. The molecule has 134 valence electrons. The van der Waals surface area contributed by atoms with Gasteiger partial charge in [-0.25, -0.2) is 4.68 Å². The van der Waals surface area contributed by atoms with Crippen molar-refractivity contribution in [2.24, 2.45) is 0 Å². The van der Waals surface area contributed by atoms with Crippen molar-refractivity contribution in [1.29, 1.82) is 0 Å². The molecule has 0 aliphatic heterocycles. The van der Waals surface area contributed by atoms with E-state index < -0.39 is 0 Å². The fraction of sp³-hybridized carbons (Fsp3) is 0.0909. The molecule has 0 unspecified atom stereocenters. The molecule has 4 nitrogen and oxygen atoms in total. The fourth-order valence-corrected chi connectivity index (χ4v) is 3.70. The molecule has 0 bridgehead atoms. The molecule has 0 atom stereocenters. The van der Waals surface area contributed by atoms with Crippen LogP contribution in [0.25, 0.3) is 38.5 Å². The quantitative estimate of drug-likeness (QED) is 0.366. The van der Waals surface area contributed by atoms with E-state index in [2.05, 4.69) is 22.4 Å². The van der Waals surface area contributed by atoms with Crippen molar-refractivity contribution < 1.29 is 4.52 Å². The van der Waals surface area contributed by atoms with E-state index >= 15 is 0 Å². The Hall–Kier alpha value is -3.18. The standard InChI is InChI=1S/C20H13N3OS.C2H6/c1-2-5-15(6-3-1)23-18(10-11-21-23)14-8-9-17-16(13-14)20(24-22-17)19-7-4-12-25-19;1-2/h1-13H;1-2H3. The minimum Gasteiger partial charge on any atom is -0.354 e. The summed E-state index contributed by atoms with van der Waals surface area (Å²) in [5.74, 6) is 0.817. The molecule has 3 aromatic heterocycles. The normalized spacial score (nSPS) is 10.6. The van der Waals surface area contributed by atoms with Crippen molar-refractivity contribution >= 4 is 22.2 Å². The highest BCUT2D eigenvalue weighted by Crippen LogP contribution is 2.34. The largest absolute Gasteiger partial charge is 0.354 e. The average molecular weight is 373 g/mol. The predicted molar refractivity (Wildman–Crippen MR) is 111 cm³/mol. The zero-order valence-corrected chi connectivity index (χ0v) is 16.0. The lowest BCUT2D eigenvalue weighted by Gasteiger charge is -2.07. The third-order valence-corrected chi connectivity index (χ3v) is 5.03. The first-order chi connectivity index (χ1) is 13.4. The van der Waals surface area contributed by atoms with E-state index in [0.717, 1.165) is 38.5 Å². The summed E-state index contributed by atoms with van der Waals surface area (Å²) >= 11 is 1.65.